The number of hydrogen-bond acceptors (Lipinski definition) is 3. The van der Waals surface area contributed by atoms with E-state index in [-0.39, 0.29) is 5.56 Å². The Morgan fingerprint density at radius 1 is 1.43 bits per heavy atom. The van der Waals surface area contributed by atoms with Crippen molar-refractivity contribution >= 4 is 11.9 Å². The molecule has 1 aliphatic rings. The van der Waals surface area contributed by atoms with Gasteiger partial charge in [0.1, 0.15) is 11.1 Å². The molecule has 6 nitrogen and oxygen atoms in total. The number of aromatic nitrogens is 1. The first-order valence-corrected chi connectivity index (χ1v) is 7.09. The maximum atomic E-state index is 12.7. The highest BCUT2D eigenvalue weighted by Crippen LogP contribution is 2.34. The van der Waals surface area contributed by atoms with Crippen LogP contribution in [0.4, 0.5) is 0 Å². The van der Waals surface area contributed by atoms with Crippen LogP contribution in [-0.4, -0.2) is 39.0 Å². The van der Waals surface area contributed by atoms with Crippen LogP contribution in [0.2, 0.25) is 0 Å². The number of hydrogen-bond donors (Lipinski definition) is 2. The number of aryl methyl sites for hydroxylation is 2. The number of aliphatic carboxylic acids is 1. The maximum Gasteiger partial charge on any atom is 0.329 e. The van der Waals surface area contributed by atoms with Crippen molar-refractivity contribution in [2.45, 2.75) is 45.6 Å². The first-order valence-electron chi connectivity index (χ1n) is 7.09. The Bertz CT molecular complexity index is 650. The molecule has 6 heteroatoms. The molecule has 114 valence electrons. The minimum Gasteiger partial charge on any atom is -0.479 e. The summed E-state index contributed by atoms with van der Waals surface area (Å²) in [7, 11) is 0. The van der Waals surface area contributed by atoms with Gasteiger partial charge in [-0.3, -0.25) is 9.59 Å². The fourth-order valence-corrected chi connectivity index (χ4v) is 3.17. The minimum absolute atomic E-state index is 0.0431. The van der Waals surface area contributed by atoms with E-state index in [0.717, 1.165) is 0 Å². The highest BCUT2D eigenvalue weighted by molar-refractivity contribution is 5.99. The predicted octanol–water partition coefficient (Wildman–Crippen LogP) is 1.46. The summed E-state index contributed by atoms with van der Waals surface area (Å²) in [5.74, 6) is -1.49. The normalized spacial score (nSPS) is 21.6. The first kappa shape index (κ1) is 15.3. The smallest absolute Gasteiger partial charge is 0.329 e. The molecular weight excluding hydrogens is 272 g/mol. The summed E-state index contributed by atoms with van der Waals surface area (Å²) >= 11 is 0. The van der Waals surface area contributed by atoms with Gasteiger partial charge >= 0.3 is 5.97 Å². The molecule has 1 aliphatic heterocycles. The van der Waals surface area contributed by atoms with E-state index in [9.17, 15) is 19.5 Å². The quantitative estimate of drug-likeness (QED) is 0.882. The van der Waals surface area contributed by atoms with Crippen LogP contribution in [0.3, 0.4) is 0 Å². The number of carbonyl (C=O) groups is 2. The van der Waals surface area contributed by atoms with Crippen molar-refractivity contribution in [1.82, 2.24) is 9.88 Å². The molecule has 0 aromatic carbocycles. The Balaban J connectivity index is 2.50. The molecule has 2 N–H and O–H groups in total. The zero-order chi connectivity index (χ0) is 15.8. The van der Waals surface area contributed by atoms with Crippen molar-refractivity contribution in [2.24, 2.45) is 0 Å². The van der Waals surface area contributed by atoms with E-state index in [1.807, 2.05) is 0 Å². The van der Waals surface area contributed by atoms with Crippen molar-refractivity contribution in [3.63, 3.8) is 0 Å². The second kappa shape index (κ2) is 5.35. The molecule has 0 spiro atoms. The zero-order valence-corrected chi connectivity index (χ0v) is 12.5. The van der Waals surface area contributed by atoms with Crippen LogP contribution in [0.25, 0.3) is 0 Å². The fourth-order valence-electron chi connectivity index (χ4n) is 3.17. The summed E-state index contributed by atoms with van der Waals surface area (Å²) in [5, 5.41) is 9.53. The lowest BCUT2D eigenvalue weighted by Gasteiger charge is -2.34. The molecule has 1 saturated heterocycles. The van der Waals surface area contributed by atoms with Gasteiger partial charge in [-0.2, -0.15) is 0 Å². The number of aromatic amines is 1. The number of likely N-dealkylation sites (tertiary alicyclic amines) is 1. The molecule has 1 atom stereocenters. The van der Waals surface area contributed by atoms with Gasteiger partial charge < -0.3 is 15.0 Å². The Kier molecular flexibility index (Phi) is 3.89. The van der Waals surface area contributed by atoms with E-state index < -0.39 is 23.0 Å². The summed E-state index contributed by atoms with van der Waals surface area (Å²) in [5.41, 5.74) is -0.360. The van der Waals surface area contributed by atoms with E-state index in [1.165, 1.54) is 4.90 Å². The third-order valence-corrected chi connectivity index (χ3v) is 4.30. The average Bonchev–Trinajstić information content (AvgIpc) is 2.82. The lowest BCUT2D eigenvalue weighted by molar-refractivity contribution is -0.148. The summed E-state index contributed by atoms with van der Waals surface area (Å²) in [6.07, 6.45) is 1.39. The lowest BCUT2D eigenvalue weighted by Crippen LogP contribution is -2.53. The van der Waals surface area contributed by atoms with Gasteiger partial charge in [0.2, 0.25) is 0 Å². The van der Waals surface area contributed by atoms with Crippen LogP contribution in [-0.2, 0) is 4.79 Å². The van der Waals surface area contributed by atoms with Gasteiger partial charge in [0.25, 0.3) is 11.5 Å². The highest BCUT2D eigenvalue weighted by Gasteiger charge is 2.49. The number of nitrogens with one attached hydrogen (secondary N) is 1. The molecule has 2 rings (SSSR count). The number of carboxylic acids is 1. The molecular formula is C15H20N2O4. The molecule has 1 aromatic rings. The third kappa shape index (κ3) is 2.34. The molecule has 1 fully saturated rings. The Labute approximate surface area is 122 Å². The summed E-state index contributed by atoms with van der Waals surface area (Å²) < 4.78 is 0. The second-order valence-corrected chi connectivity index (χ2v) is 5.59. The first-order chi connectivity index (χ1) is 9.83. The van der Waals surface area contributed by atoms with Crippen LogP contribution in [0.15, 0.2) is 10.9 Å². The molecule has 2 heterocycles. The van der Waals surface area contributed by atoms with Gasteiger partial charge in [-0.25, -0.2) is 4.79 Å². The highest BCUT2D eigenvalue weighted by atomic mass is 16.4. The monoisotopic (exact) mass is 292 g/mol. The summed E-state index contributed by atoms with van der Waals surface area (Å²) in [6, 6.07) is 1.72. The van der Waals surface area contributed by atoms with Crippen molar-refractivity contribution in [3.05, 3.63) is 33.2 Å². The van der Waals surface area contributed by atoms with E-state index in [1.54, 1.807) is 26.8 Å². The molecule has 0 aliphatic carbocycles. The Morgan fingerprint density at radius 2 is 2.10 bits per heavy atom. The van der Waals surface area contributed by atoms with Gasteiger partial charge in [0, 0.05) is 12.2 Å². The number of nitrogens with zero attached hydrogens (tertiary/aromatic N) is 1. The van der Waals surface area contributed by atoms with Crippen LogP contribution in [0, 0.1) is 13.8 Å². The molecule has 21 heavy (non-hydrogen) atoms. The molecule has 1 amide bonds. The van der Waals surface area contributed by atoms with Crippen molar-refractivity contribution < 1.29 is 14.7 Å². The predicted molar refractivity (Wildman–Crippen MR) is 77.5 cm³/mol. The molecule has 0 saturated carbocycles. The topological polar surface area (TPSA) is 90.5 Å². The molecule has 0 bridgehead atoms. The third-order valence-electron chi connectivity index (χ3n) is 4.30. The summed E-state index contributed by atoms with van der Waals surface area (Å²) in [6.45, 7) is 5.56. The van der Waals surface area contributed by atoms with Gasteiger partial charge in [-0.05, 0) is 44.7 Å². The summed E-state index contributed by atoms with van der Waals surface area (Å²) in [4.78, 5) is 40.4. The fraction of sp³-hybridized carbons (Fsp3) is 0.533. The van der Waals surface area contributed by atoms with Gasteiger partial charge in [-0.15, -0.1) is 0 Å². The largest absolute Gasteiger partial charge is 0.479 e. The minimum atomic E-state index is -1.19. The zero-order valence-electron chi connectivity index (χ0n) is 12.5. The van der Waals surface area contributed by atoms with Gasteiger partial charge in [-0.1, -0.05) is 6.92 Å². The van der Waals surface area contributed by atoms with Gasteiger partial charge in [0.15, 0.2) is 0 Å². The standard InChI is InChI=1S/C15H20N2O4/c1-4-15(14(20)21)6-5-7-17(15)13(19)11-9(2)8-10(3)16-12(11)18/h8H,4-7H2,1-3H3,(H,16,18)(H,20,21). The SMILES string of the molecule is CCC1(C(=O)O)CCCN1C(=O)c1c(C)cc(C)[nH]c1=O. The molecule has 1 unspecified atom stereocenters. The Morgan fingerprint density at radius 3 is 2.62 bits per heavy atom. The molecule has 1 aromatic heterocycles. The van der Waals surface area contributed by atoms with Crippen molar-refractivity contribution in [1.29, 1.82) is 0 Å². The van der Waals surface area contributed by atoms with Crippen LogP contribution in [0.1, 0.15) is 47.8 Å². The average molecular weight is 292 g/mol. The van der Waals surface area contributed by atoms with Gasteiger partial charge in [0.05, 0.1) is 0 Å². The number of carbonyl (C=O) groups excluding carboxylic acids is 1. The number of amides is 1. The molecule has 0 radical (unpaired) electrons. The van der Waals surface area contributed by atoms with Crippen molar-refractivity contribution in [2.75, 3.05) is 6.54 Å². The lowest BCUT2D eigenvalue weighted by atomic mass is 9.92. The van der Waals surface area contributed by atoms with Crippen molar-refractivity contribution in [3.8, 4) is 0 Å². The van der Waals surface area contributed by atoms with Crippen LogP contribution >= 0.6 is 0 Å². The van der Waals surface area contributed by atoms with E-state index in [4.69, 9.17) is 0 Å². The maximum absolute atomic E-state index is 12.7. The number of H-pyrrole nitrogens is 1. The van der Waals surface area contributed by atoms with Crippen LogP contribution in [0.5, 0.6) is 0 Å². The number of rotatable bonds is 3. The Hall–Kier alpha value is -2.11. The van der Waals surface area contributed by atoms with E-state index in [2.05, 4.69) is 4.98 Å². The number of pyridine rings is 1. The van der Waals surface area contributed by atoms with E-state index >= 15 is 0 Å². The van der Waals surface area contributed by atoms with Crippen LogP contribution < -0.4 is 5.56 Å². The second-order valence-electron chi connectivity index (χ2n) is 5.59. The van der Waals surface area contributed by atoms with E-state index in [0.29, 0.717) is 37.1 Å². The number of carboxylic acid groups (broad SMARTS) is 1.